The topological polar surface area (TPSA) is 96.0 Å². The van der Waals surface area contributed by atoms with Gasteiger partial charge in [0.1, 0.15) is 18.3 Å². The number of amides is 2. The smallest absolute Gasteiger partial charge is 0.264 e. The zero-order valence-corrected chi connectivity index (χ0v) is 26.4. The number of nitrogens with zero attached hydrogens (tertiary/aromatic N) is 2. The first-order valence-electron chi connectivity index (χ1n) is 15.0. The molecule has 1 fully saturated rings. The van der Waals surface area contributed by atoms with Crippen molar-refractivity contribution in [3.05, 3.63) is 89.5 Å². The Morgan fingerprint density at radius 2 is 1.60 bits per heavy atom. The number of benzene rings is 3. The van der Waals surface area contributed by atoms with Crippen LogP contribution in [0, 0.1) is 13.8 Å². The molecule has 1 aliphatic carbocycles. The Balaban J connectivity index is 1.71. The van der Waals surface area contributed by atoms with Gasteiger partial charge in [-0.05, 0) is 86.2 Å². The maximum Gasteiger partial charge on any atom is 0.264 e. The van der Waals surface area contributed by atoms with E-state index in [-0.39, 0.29) is 23.4 Å². The van der Waals surface area contributed by atoms with Crippen molar-refractivity contribution in [2.45, 2.75) is 82.8 Å². The molecule has 0 saturated heterocycles. The van der Waals surface area contributed by atoms with Gasteiger partial charge in [0.15, 0.2) is 0 Å². The third-order valence-corrected chi connectivity index (χ3v) is 10.0. The fourth-order valence-corrected chi connectivity index (χ4v) is 6.95. The summed E-state index contributed by atoms with van der Waals surface area (Å²) in [6.45, 7) is 5.43. The van der Waals surface area contributed by atoms with Gasteiger partial charge in [0.05, 0.1) is 17.7 Å². The quantitative estimate of drug-likeness (QED) is 0.283. The lowest BCUT2D eigenvalue weighted by Crippen LogP contribution is -2.54. The summed E-state index contributed by atoms with van der Waals surface area (Å²) in [7, 11) is -2.52. The van der Waals surface area contributed by atoms with Crippen LogP contribution in [0.15, 0.2) is 77.7 Å². The lowest BCUT2D eigenvalue weighted by molar-refractivity contribution is -0.140. The summed E-state index contributed by atoms with van der Waals surface area (Å²) in [4.78, 5) is 29.6. The van der Waals surface area contributed by atoms with Gasteiger partial charge in [0.2, 0.25) is 11.8 Å². The Labute approximate surface area is 256 Å². The molecule has 230 valence electrons. The van der Waals surface area contributed by atoms with Gasteiger partial charge in [-0.15, -0.1) is 0 Å². The van der Waals surface area contributed by atoms with Gasteiger partial charge >= 0.3 is 0 Å². The second-order valence-electron chi connectivity index (χ2n) is 11.2. The highest BCUT2D eigenvalue weighted by Gasteiger charge is 2.34. The summed E-state index contributed by atoms with van der Waals surface area (Å²) >= 11 is 0. The van der Waals surface area contributed by atoms with Crippen LogP contribution in [-0.2, 0) is 26.2 Å². The SMILES string of the molecule is CC[C@H](C(=O)NC1CCCCC1)N(Cc1ccc(OC)cc1)C(=O)CN(c1ccc(C)c(C)c1)S(=O)(=O)c1ccccc1. The van der Waals surface area contributed by atoms with E-state index in [0.29, 0.717) is 17.9 Å². The first-order chi connectivity index (χ1) is 20.6. The van der Waals surface area contributed by atoms with Crippen LogP contribution in [0.1, 0.15) is 62.1 Å². The predicted molar refractivity (Wildman–Crippen MR) is 170 cm³/mol. The Bertz CT molecular complexity index is 1490. The first kappa shape index (κ1) is 32.1. The first-order valence-corrected chi connectivity index (χ1v) is 16.5. The zero-order chi connectivity index (χ0) is 31.0. The Morgan fingerprint density at radius 1 is 0.930 bits per heavy atom. The molecule has 0 aliphatic heterocycles. The number of sulfonamides is 1. The van der Waals surface area contributed by atoms with E-state index in [0.717, 1.165) is 53.1 Å². The maximum absolute atomic E-state index is 14.3. The molecule has 0 spiro atoms. The summed E-state index contributed by atoms with van der Waals surface area (Å²) in [6, 6.07) is 20.1. The average molecular weight is 606 g/mol. The van der Waals surface area contributed by atoms with Gasteiger partial charge < -0.3 is 15.0 Å². The van der Waals surface area contributed by atoms with Crippen LogP contribution in [0.5, 0.6) is 5.75 Å². The van der Waals surface area contributed by atoms with Crippen LogP contribution in [0.3, 0.4) is 0 Å². The second kappa shape index (κ2) is 14.6. The fourth-order valence-electron chi connectivity index (χ4n) is 5.52. The minimum absolute atomic E-state index is 0.0822. The highest BCUT2D eigenvalue weighted by molar-refractivity contribution is 7.92. The fraction of sp³-hybridized carbons (Fsp3) is 0.412. The number of hydrogen-bond acceptors (Lipinski definition) is 5. The molecule has 9 heteroatoms. The molecule has 0 aromatic heterocycles. The van der Waals surface area contributed by atoms with Crippen LogP contribution in [0.25, 0.3) is 0 Å². The van der Waals surface area contributed by atoms with Gasteiger partial charge in [-0.1, -0.05) is 62.6 Å². The summed E-state index contributed by atoms with van der Waals surface area (Å²) < 4.78 is 34.5. The van der Waals surface area contributed by atoms with Gasteiger partial charge in [0.25, 0.3) is 10.0 Å². The lowest BCUT2D eigenvalue weighted by atomic mass is 9.95. The van der Waals surface area contributed by atoms with E-state index in [9.17, 15) is 18.0 Å². The highest BCUT2D eigenvalue weighted by Crippen LogP contribution is 2.27. The monoisotopic (exact) mass is 605 g/mol. The summed E-state index contributed by atoms with van der Waals surface area (Å²) in [5.41, 5.74) is 3.12. The molecule has 0 unspecified atom stereocenters. The van der Waals surface area contributed by atoms with Crippen LogP contribution >= 0.6 is 0 Å². The van der Waals surface area contributed by atoms with Crippen molar-refractivity contribution in [3.8, 4) is 5.75 Å². The Hall–Kier alpha value is -3.85. The van der Waals surface area contributed by atoms with Crippen molar-refractivity contribution >= 4 is 27.5 Å². The van der Waals surface area contributed by atoms with Gasteiger partial charge in [-0.3, -0.25) is 13.9 Å². The van der Waals surface area contributed by atoms with E-state index in [4.69, 9.17) is 4.74 Å². The Kier molecular flexibility index (Phi) is 10.9. The molecule has 3 aromatic carbocycles. The third kappa shape index (κ3) is 7.96. The molecule has 0 heterocycles. The number of hydrogen-bond donors (Lipinski definition) is 1. The van der Waals surface area contributed by atoms with E-state index in [1.165, 1.54) is 17.0 Å². The van der Waals surface area contributed by atoms with Crippen molar-refractivity contribution in [2.24, 2.45) is 0 Å². The van der Waals surface area contributed by atoms with Crippen LogP contribution in [0.4, 0.5) is 5.69 Å². The van der Waals surface area contributed by atoms with E-state index in [1.54, 1.807) is 37.4 Å². The lowest BCUT2D eigenvalue weighted by Gasteiger charge is -2.34. The molecule has 1 aliphatic rings. The molecular formula is C34H43N3O5S. The predicted octanol–water partition coefficient (Wildman–Crippen LogP) is 5.76. The number of carbonyl (C=O) groups is 2. The molecule has 2 amide bonds. The third-order valence-electron chi connectivity index (χ3n) is 8.24. The van der Waals surface area contributed by atoms with Crippen molar-refractivity contribution in [3.63, 3.8) is 0 Å². The van der Waals surface area contributed by atoms with Crippen molar-refractivity contribution in [2.75, 3.05) is 18.0 Å². The molecule has 8 nitrogen and oxygen atoms in total. The molecular weight excluding hydrogens is 562 g/mol. The number of aryl methyl sites for hydroxylation is 2. The largest absolute Gasteiger partial charge is 0.497 e. The molecule has 43 heavy (non-hydrogen) atoms. The van der Waals surface area contributed by atoms with Crippen LogP contribution < -0.4 is 14.4 Å². The Morgan fingerprint density at radius 3 is 2.21 bits per heavy atom. The van der Waals surface area contributed by atoms with Gasteiger partial charge in [-0.25, -0.2) is 8.42 Å². The van der Waals surface area contributed by atoms with E-state index < -0.39 is 28.5 Å². The van der Waals surface area contributed by atoms with Crippen molar-refractivity contribution in [1.29, 1.82) is 0 Å². The zero-order valence-electron chi connectivity index (χ0n) is 25.6. The van der Waals surface area contributed by atoms with Crippen LogP contribution in [-0.4, -0.2) is 50.9 Å². The number of ether oxygens (including phenoxy) is 1. The number of nitrogens with one attached hydrogen (secondary N) is 1. The molecule has 1 N–H and O–H groups in total. The molecule has 4 rings (SSSR count). The minimum atomic E-state index is -4.10. The standard InChI is InChI=1S/C34H43N3O5S/c1-5-32(34(39)35-28-12-8-6-9-13-28)36(23-27-17-20-30(42-4)21-18-27)33(38)24-37(29-19-16-25(2)26(3)22-29)43(40,41)31-14-10-7-11-15-31/h7,10-11,14-22,28,32H,5-6,8-9,12-13,23-24H2,1-4H3,(H,35,39)/t32-/m1/s1. The van der Waals surface area contributed by atoms with Crippen LogP contribution in [0.2, 0.25) is 0 Å². The minimum Gasteiger partial charge on any atom is -0.497 e. The normalized spacial score (nSPS) is 14.5. The number of anilines is 1. The number of carbonyl (C=O) groups excluding carboxylic acids is 2. The van der Waals surface area contributed by atoms with E-state index in [2.05, 4.69) is 5.32 Å². The average Bonchev–Trinajstić information content (AvgIpc) is 3.02. The molecule has 3 aromatic rings. The number of methoxy groups -OCH3 is 1. The summed E-state index contributed by atoms with van der Waals surface area (Å²) in [5.74, 6) is 0.0117. The summed E-state index contributed by atoms with van der Waals surface area (Å²) in [6.07, 6.45) is 5.53. The second-order valence-corrected chi connectivity index (χ2v) is 13.1. The molecule has 1 atom stereocenters. The van der Waals surface area contributed by atoms with Gasteiger partial charge in [-0.2, -0.15) is 0 Å². The maximum atomic E-state index is 14.3. The van der Waals surface area contributed by atoms with Crippen molar-refractivity contribution < 1.29 is 22.7 Å². The number of rotatable bonds is 12. The highest BCUT2D eigenvalue weighted by atomic mass is 32.2. The van der Waals surface area contributed by atoms with E-state index in [1.807, 2.05) is 51.1 Å². The van der Waals surface area contributed by atoms with Crippen molar-refractivity contribution in [1.82, 2.24) is 10.2 Å². The van der Waals surface area contributed by atoms with E-state index >= 15 is 0 Å². The van der Waals surface area contributed by atoms with Gasteiger partial charge in [0, 0.05) is 12.6 Å². The summed E-state index contributed by atoms with van der Waals surface area (Å²) in [5, 5.41) is 3.18. The molecule has 0 bridgehead atoms. The molecule has 0 radical (unpaired) electrons. The molecule has 1 saturated carbocycles.